The molecule has 0 atom stereocenters. The Morgan fingerprint density at radius 1 is 1.19 bits per heavy atom. The third-order valence-corrected chi connectivity index (χ3v) is 4.01. The fraction of sp³-hybridized carbons (Fsp3) is 0.222. The van der Waals surface area contributed by atoms with Crippen molar-refractivity contribution < 1.29 is 27.2 Å². The third kappa shape index (κ3) is 5.84. The maximum Gasteiger partial charge on any atom is 0.247 e. The van der Waals surface area contributed by atoms with E-state index < -0.39 is 35.0 Å². The summed E-state index contributed by atoms with van der Waals surface area (Å²) in [6, 6.07) is 5.04. The number of halogens is 4. The van der Waals surface area contributed by atoms with Crippen LogP contribution in [0.15, 0.2) is 34.8 Å². The van der Waals surface area contributed by atoms with E-state index in [0.29, 0.717) is 22.0 Å². The number of furan rings is 1. The van der Waals surface area contributed by atoms with E-state index in [1.165, 1.54) is 17.1 Å². The van der Waals surface area contributed by atoms with Crippen molar-refractivity contribution in [3.63, 3.8) is 0 Å². The molecular weight excluding hydrogens is 476 g/mol. The van der Waals surface area contributed by atoms with Crippen molar-refractivity contribution in [3.05, 3.63) is 57.3 Å². The fourth-order valence-electron chi connectivity index (χ4n) is 2.20. The third-order valence-electron chi connectivity index (χ3n) is 3.43. The van der Waals surface area contributed by atoms with E-state index in [-0.39, 0.29) is 13.1 Å². The zero-order valence-corrected chi connectivity index (χ0v) is 16.4. The van der Waals surface area contributed by atoms with Gasteiger partial charge in [-0.2, -0.15) is 0 Å². The van der Waals surface area contributed by atoms with Gasteiger partial charge in [-0.1, -0.05) is 6.92 Å². The van der Waals surface area contributed by atoms with Crippen molar-refractivity contribution in [2.75, 3.05) is 18.4 Å². The van der Waals surface area contributed by atoms with Crippen LogP contribution in [-0.4, -0.2) is 29.8 Å². The topological polar surface area (TPSA) is 62.6 Å². The highest BCUT2D eigenvalue weighted by Crippen LogP contribution is 2.19. The molecule has 0 fully saturated rings. The molecule has 9 heteroatoms. The standard InChI is InChI=1S/C18H16F3IN2O3/c1-2-9-24(16(26)8-4-11-3-7-14(22)27-11)10-15(25)23-13-6-5-12(19)17(20)18(13)21/h3-8H,2,9-10H2,1H3,(H,23,25)/b8-4+. The molecule has 0 saturated carbocycles. The average Bonchev–Trinajstić information content (AvgIpc) is 3.05. The van der Waals surface area contributed by atoms with Gasteiger partial charge >= 0.3 is 0 Å². The number of carbonyl (C=O) groups is 2. The molecule has 1 N–H and O–H groups in total. The Labute approximate surface area is 167 Å². The highest BCUT2D eigenvalue weighted by molar-refractivity contribution is 14.1. The predicted molar refractivity (Wildman–Crippen MR) is 102 cm³/mol. The monoisotopic (exact) mass is 492 g/mol. The van der Waals surface area contributed by atoms with Crippen molar-refractivity contribution in [2.24, 2.45) is 0 Å². The van der Waals surface area contributed by atoms with Crippen LogP contribution in [0.5, 0.6) is 0 Å². The fourth-order valence-corrected chi connectivity index (χ4v) is 2.63. The van der Waals surface area contributed by atoms with Crippen LogP contribution in [0, 0.1) is 21.2 Å². The van der Waals surface area contributed by atoms with E-state index in [1.807, 2.05) is 29.5 Å². The first-order chi connectivity index (χ1) is 12.8. The summed E-state index contributed by atoms with van der Waals surface area (Å²) in [6.45, 7) is 1.74. The van der Waals surface area contributed by atoms with Gasteiger partial charge in [0.15, 0.2) is 21.2 Å². The number of nitrogens with zero attached hydrogens (tertiary/aromatic N) is 1. The molecule has 0 saturated heterocycles. The minimum atomic E-state index is -1.68. The molecule has 0 aliphatic heterocycles. The Morgan fingerprint density at radius 3 is 2.56 bits per heavy atom. The van der Waals surface area contributed by atoms with Gasteiger partial charge in [0.05, 0.1) is 5.69 Å². The van der Waals surface area contributed by atoms with Gasteiger partial charge in [0.25, 0.3) is 0 Å². The summed E-state index contributed by atoms with van der Waals surface area (Å²) in [4.78, 5) is 25.6. The number of nitrogens with one attached hydrogen (secondary N) is 1. The second-order valence-corrected chi connectivity index (χ2v) is 6.57. The highest BCUT2D eigenvalue weighted by Gasteiger charge is 2.18. The van der Waals surface area contributed by atoms with Crippen LogP contribution in [0.2, 0.25) is 0 Å². The molecule has 2 rings (SSSR count). The highest BCUT2D eigenvalue weighted by atomic mass is 127. The Morgan fingerprint density at radius 2 is 1.93 bits per heavy atom. The number of rotatable bonds is 7. The molecule has 0 spiro atoms. The molecule has 5 nitrogen and oxygen atoms in total. The van der Waals surface area contributed by atoms with Gasteiger partial charge in [-0.3, -0.25) is 9.59 Å². The van der Waals surface area contributed by atoms with Crippen LogP contribution in [-0.2, 0) is 9.59 Å². The van der Waals surface area contributed by atoms with E-state index in [2.05, 4.69) is 5.32 Å². The Kier molecular flexibility index (Phi) is 7.45. The smallest absolute Gasteiger partial charge is 0.247 e. The first-order valence-electron chi connectivity index (χ1n) is 7.97. The zero-order valence-electron chi connectivity index (χ0n) is 14.3. The van der Waals surface area contributed by atoms with Gasteiger partial charge in [-0.15, -0.1) is 0 Å². The lowest BCUT2D eigenvalue weighted by Gasteiger charge is -2.20. The Balaban J connectivity index is 2.04. The van der Waals surface area contributed by atoms with Gasteiger partial charge in [0, 0.05) is 12.6 Å². The number of anilines is 1. The summed E-state index contributed by atoms with van der Waals surface area (Å²) in [6.07, 6.45) is 3.32. The summed E-state index contributed by atoms with van der Waals surface area (Å²) in [7, 11) is 0. The minimum Gasteiger partial charge on any atom is -0.451 e. The molecule has 27 heavy (non-hydrogen) atoms. The van der Waals surface area contributed by atoms with Crippen LogP contribution in [0.3, 0.4) is 0 Å². The minimum absolute atomic E-state index is 0.284. The zero-order chi connectivity index (χ0) is 20.0. The number of amides is 2. The summed E-state index contributed by atoms with van der Waals surface area (Å²) >= 11 is 1.99. The summed E-state index contributed by atoms with van der Waals surface area (Å²) in [5.74, 6) is -5.22. The van der Waals surface area contributed by atoms with Crippen LogP contribution in [0.1, 0.15) is 19.1 Å². The van der Waals surface area contributed by atoms with Crippen molar-refractivity contribution in [3.8, 4) is 0 Å². The molecule has 0 radical (unpaired) electrons. The van der Waals surface area contributed by atoms with Crippen LogP contribution < -0.4 is 5.32 Å². The second-order valence-electron chi connectivity index (χ2n) is 5.51. The van der Waals surface area contributed by atoms with Gasteiger partial charge in [-0.05, 0) is 59.4 Å². The van der Waals surface area contributed by atoms with Gasteiger partial charge in [0.2, 0.25) is 11.8 Å². The molecule has 0 aliphatic carbocycles. The molecule has 2 amide bonds. The summed E-state index contributed by atoms with van der Waals surface area (Å²) < 4.78 is 45.8. The maximum atomic E-state index is 13.6. The van der Waals surface area contributed by atoms with Crippen molar-refractivity contribution in [1.29, 1.82) is 0 Å². The molecule has 1 heterocycles. The van der Waals surface area contributed by atoms with Crippen molar-refractivity contribution in [1.82, 2.24) is 4.90 Å². The van der Waals surface area contributed by atoms with E-state index in [1.54, 1.807) is 12.1 Å². The quantitative estimate of drug-likeness (QED) is 0.358. The predicted octanol–water partition coefficient (Wildman–Crippen LogP) is 4.19. The molecular formula is C18H16F3IN2O3. The second kappa shape index (κ2) is 9.58. The van der Waals surface area contributed by atoms with E-state index >= 15 is 0 Å². The molecule has 1 aromatic heterocycles. The lowest BCUT2D eigenvalue weighted by molar-refractivity contribution is -0.130. The molecule has 0 bridgehead atoms. The number of hydrogen-bond donors (Lipinski definition) is 1. The van der Waals surface area contributed by atoms with Crippen LogP contribution in [0.4, 0.5) is 18.9 Å². The average molecular weight is 492 g/mol. The molecule has 2 aromatic rings. The largest absolute Gasteiger partial charge is 0.451 e. The van der Waals surface area contributed by atoms with Crippen molar-refractivity contribution in [2.45, 2.75) is 13.3 Å². The molecule has 1 aromatic carbocycles. The number of carbonyl (C=O) groups excluding carboxylic acids is 2. The van der Waals surface area contributed by atoms with Crippen LogP contribution >= 0.6 is 22.6 Å². The lowest BCUT2D eigenvalue weighted by Crippen LogP contribution is -2.37. The van der Waals surface area contributed by atoms with Gasteiger partial charge in [-0.25, -0.2) is 13.2 Å². The van der Waals surface area contributed by atoms with Gasteiger partial charge < -0.3 is 14.6 Å². The first-order valence-corrected chi connectivity index (χ1v) is 9.05. The maximum absolute atomic E-state index is 13.6. The summed E-state index contributed by atoms with van der Waals surface area (Å²) in [5.41, 5.74) is -0.497. The normalized spacial score (nSPS) is 11.0. The first kappa shape index (κ1) is 21.0. The number of hydrogen-bond acceptors (Lipinski definition) is 3. The molecule has 0 aliphatic rings. The Bertz CT molecular complexity index is 868. The SMILES string of the molecule is CCCN(CC(=O)Nc1ccc(F)c(F)c1F)C(=O)/C=C/c1ccc(I)o1. The molecule has 144 valence electrons. The van der Waals surface area contributed by atoms with E-state index in [0.717, 1.165) is 6.07 Å². The number of benzene rings is 1. The van der Waals surface area contributed by atoms with Gasteiger partial charge in [0.1, 0.15) is 12.3 Å². The summed E-state index contributed by atoms with van der Waals surface area (Å²) in [5, 5.41) is 2.14. The van der Waals surface area contributed by atoms with E-state index in [9.17, 15) is 22.8 Å². The Hall–Kier alpha value is -2.30. The van der Waals surface area contributed by atoms with E-state index in [4.69, 9.17) is 4.42 Å². The van der Waals surface area contributed by atoms with Crippen molar-refractivity contribution >= 4 is 46.2 Å². The molecule has 0 unspecified atom stereocenters. The van der Waals surface area contributed by atoms with Crippen LogP contribution in [0.25, 0.3) is 6.08 Å². The lowest BCUT2D eigenvalue weighted by atomic mass is 10.2.